The zero-order valence-corrected chi connectivity index (χ0v) is 17.0. The van der Waals surface area contributed by atoms with E-state index in [-0.39, 0.29) is 11.9 Å². The molecule has 1 saturated heterocycles. The minimum absolute atomic E-state index is 0.0823. The first-order valence-corrected chi connectivity index (χ1v) is 11.1. The van der Waals surface area contributed by atoms with Crippen LogP contribution >= 0.6 is 11.6 Å². The molecule has 3 rings (SSSR count). The van der Waals surface area contributed by atoms with Gasteiger partial charge in [-0.05, 0) is 55.5 Å². The summed E-state index contributed by atoms with van der Waals surface area (Å²) >= 11 is 6.28. The lowest BCUT2D eigenvalue weighted by Crippen LogP contribution is -2.37. The number of carbonyl (C=O) groups is 1. The lowest BCUT2D eigenvalue weighted by atomic mass is 10.0. The number of nitrogens with zero attached hydrogens (tertiary/aromatic N) is 1. The lowest BCUT2D eigenvalue weighted by molar-refractivity contribution is 0.0736. The number of nitrogens with one attached hydrogen (secondary N) is 1. The van der Waals surface area contributed by atoms with Crippen molar-refractivity contribution in [3.05, 3.63) is 64.2 Å². The van der Waals surface area contributed by atoms with Gasteiger partial charge in [-0.2, -0.15) is 0 Å². The van der Waals surface area contributed by atoms with Crippen LogP contribution in [0.3, 0.4) is 0 Å². The number of sulfonamides is 1. The van der Waals surface area contributed by atoms with E-state index in [4.69, 9.17) is 11.6 Å². The topological polar surface area (TPSA) is 66.5 Å². The Kier molecular flexibility index (Phi) is 5.77. The second-order valence-corrected chi connectivity index (χ2v) is 9.15. The Morgan fingerprint density at radius 2 is 2.00 bits per heavy atom. The summed E-state index contributed by atoms with van der Waals surface area (Å²) in [5, 5.41) is 0.715. The van der Waals surface area contributed by atoms with Crippen LogP contribution < -0.4 is 4.72 Å². The zero-order valence-electron chi connectivity index (χ0n) is 15.4. The van der Waals surface area contributed by atoms with E-state index < -0.39 is 10.0 Å². The average Bonchev–Trinajstić information content (AvgIpc) is 3.05. The smallest absolute Gasteiger partial charge is 0.254 e. The van der Waals surface area contributed by atoms with Crippen molar-refractivity contribution < 1.29 is 13.2 Å². The quantitative estimate of drug-likeness (QED) is 0.819. The molecule has 0 unspecified atom stereocenters. The highest BCUT2D eigenvalue weighted by molar-refractivity contribution is 7.92. The van der Waals surface area contributed by atoms with Gasteiger partial charge in [0.15, 0.2) is 0 Å². The van der Waals surface area contributed by atoms with Gasteiger partial charge in [0, 0.05) is 23.2 Å². The van der Waals surface area contributed by atoms with Gasteiger partial charge in [-0.3, -0.25) is 9.52 Å². The minimum atomic E-state index is -3.41. The number of hydrogen-bond donors (Lipinski definition) is 1. The maximum atomic E-state index is 13.1. The van der Waals surface area contributed by atoms with Gasteiger partial charge in [-0.25, -0.2) is 8.42 Å². The molecule has 1 amide bonds. The van der Waals surface area contributed by atoms with Crippen LogP contribution in [0.15, 0.2) is 42.5 Å². The molecule has 1 fully saturated rings. The van der Waals surface area contributed by atoms with Crippen molar-refractivity contribution in [2.45, 2.75) is 32.2 Å². The molecule has 1 heterocycles. The highest BCUT2D eigenvalue weighted by Gasteiger charge is 2.30. The first-order valence-electron chi connectivity index (χ1n) is 8.87. The molecule has 1 aliphatic rings. The van der Waals surface area contributed by atoms with Gasteiger partial charge >= 0.3 is 0 Å². The molecule has 144 valence electrons. The van der Waals surface area contributed by atoms with E-state index in [1.54, 1.807) is 25.1 Å². The van der Waals surface area contributed by atoms with Crippen LogP contribution in [0.4, 0.5) is 5.69 Å². The summed E-state index contributed by atoms with van der Waals surface area (Å²) in [6.45, 7) is 2.49. The van der Waals surface area contributed by atoms with Crippen molar-refractivity contribution in [2.75, 3.05) is 17.5 Å². The molecule has 1 N–H and O–H groups in total. The van der Waals surface area contributed by atoms with Crippen molar-refractivity contribution in [1.29, 1.82) is 0 Å². The molecule has 0 bridgehead atoms. The molecule has 0 spiro atoms. The number of hydrogen-bond acceptors (Lipinski definition) is 3. The standard InChI is InChI=1S/C20H23ClN2O3S/c1-14-9-10-16(13-19(14)22-27(2,25)26)20(24)23-11-5-7-17(23)12-15-6-3-4-8-18(15)21/h3-4,6,8-10,13,17,22H,5,7,11-12H2,1-2H3/t17-/m0/s1. The number of carbonyl (C=O) groups excluding carboxylic acids is 1. The second-order valence-electron chi connectivity index (χ2n) is 6.99. The maximum absolute atomic E-state index is 13.1. The zero-order chi connectivity index (χ0) is 19.6. The summed E-state index contributed by atoms with van der Waals surface area (Å²) < 4.78 is 25.6. The molecule has 27 heavy (non-hydrogen) atoms. The Morgan fingerprint density at radius 1 is 1.26 bits per heavy atom. The van der Waals surface area contributed by atoms with E-state index in [0.717, 1.165) is 30.2 Å². The average molecular weight is 407 g/mol. The summed E-state index contributed by atoms with van der Waals surface area (Å²) in [6.07, 6.45) is 3.69. The van der Waals surface area contributed by atoms with Gasteiger partial charge in [-0.1, -0.05) is 35.9 Å². The number of halogens is 1. The molecule has 2 aromatic rings. The molecule has 7 heteroatoms. The maximum Gasteiger partial charge on any atom is 0.254 e. The monoisotopic (exact) mass is 406 g/mol. The van der Waals surface area contributed by atoms with E-state index in [9.17, 15) is 13.2 Å². The Balaban J connectivity index is 1.82. The number of amides is 1. The largest absolute Gasteiger partial charge is 0.335 e. The Morgan fingerprint density at radius 3 is 2.70 bits per heavy atom. The van der Waals surface area contributed by atoms with Crippen LogP contribution in [0.5, 0.6) is 0 Å². The van der Waals surface area contributed by atoms with Gasteiger partial charge < -0.3 is 4.90 Å². The second kappa shape index (κ2) is 7.90. The molecule has 0 aromatic heterocycles. The van der Waals surface area contributed by atoms with Crippen LogP contribution in [0.2, 0.25) is 5.02 Å². The molecule has 0 radical (unpaired) electrons. The van der Waals surface area contributed by atoms with Gasteiger partial charge in [-0.15, -0.1) is 0 Å². The highest BCUT2D eigenvalue weighted by atomic mass is 35.5. The fourth-order valence-corrected chi connectivity index (χ4v) is 4.30. The number of aryl methyl sites for hydroxylation is 1. The third-order valence-corrected chi connectivity index (χ3v) is 5.79. The molecule has 5 nitrogen and oxygen atoms in total. The van der Waals surface area contributed by atoms with Crippen LogP contribution in [-0.4, -0.2) is 38.1 Å². The van der Waals surface area contributed by atoms with Crippen LogP contribution in [0.1, 0.15) is 34.3 Å². The van der Waals surface area contributed by atoms with Gasteiger partial charge in [0.05, 0.1) is 11.9 Å². The minimum Gasteiger partial charge on any atom is -0.335 e. The third-order valence-electron chi connectivity index (χ3n) is 4.83. The molecule has 0 saturated carbocycles. The van der Waals surface area contributed by atoms with Gasteiger partial charge in [0.2, 0.25) is 10.0 Å². The molecular formula is C20H23ClN2O3S. The summed E-state index contributed by atoms with van der Waals surface area (Å²) in [6, 6.07) is 12.9. The predicted octanol–water partition coefficient (Wildman–Crippen LogP) is 3.87. The van der Waals surface area contributed by atoms with Gasteiger partial charge in [0.25, 0.3) is 5.91 Å². The molecule has 2 aromatic carbocycles. The summed E-state index contributed by atoms with van der Waals surface area (Å²) in [5.74, 6) is -0.0823. The number of rotatable bonds is 5. The predicted molar refractivity (Wildman–Crippen MR) is 109 cm³/mol. The van der Waals surface area contributed by atoms with Crippen LogP contribution in [0, 0.1) is 6.92 Å². The molecular weight excluding hydrogens is 384 g/mol. The van der Waals surface area contributed by atoms with Crippen molar-refractivity contribution in [1.82, 2.24) is 4.90 Å². The van der Waals surface area contributed by atoms with E-state index >= 15 is 0 Å². The fraction of sp³-hybridized carbons (Fsp3) is 0.350. The van der Waals surface area contributed by atoms with Crippen molar-refractivity contribution in [3.8, 4) is 0 Å². The van der Waals surface area contributed by atoms with E-state index in [0.29, 0.717) is 29.2 Å². The number of likely N-dealkylation sites (tertiary alicyclic amines) is 1. The van der Waals surface area contributed by atoms with E-state index in [1.807, 2.05) is 29.2 Å². The fourth-order valence-electron chi connectivity index (χ4n) is 3.46. The van der Waals surface area contributed by atoms with Crippen molar-refractivity contribution in [2.24, 2.45) is 0 Å². The normalized spacial score (nSPS) is 17.1. The number of anilines is 1. The summed E-state index contributed by atoms with van der Waals surface area (Å²) in [5.41, 5.74) is 2.72. The van der Waals surface area contributed by atoms with E-state index in [2.05, 4.69) is 4.72 Å². The molecule has 0 aliphatic carbocycles. The first-order chi connectivity index (χ1) is 12.7. The van der Waals surface area contributed by atoms with Crippen LogP contribution in [0.25, 0.3) is 0 Å². The van der Waals surface area contributed by atoms with Gasteiger partial charge in [0.1, 0.15) is 0 Å². The Labute approximate surface area is 165 Å². The SMILES string of the molecule is Cc1ccc(C(=O)N2CCC[C@H]2Cc2ccccc2Cl)cc1NS(C)(=O)=O. The number of benzene rings is 2. The lowest BCUT2D eigenvalue weighted by Gasteiger charge is -2.25. The summed E-state index contributed by atoms with van der Waals surface area (Å²) in [7, 11) is -3.41. The molecule has 1 aliphatic heterocycles. The molecule has 1 atom stereocenters. The first kappa shape index (κ1) is 19.7. The van der Waals surface area contributed by atoms with Crippen molar-refractivity contribution in [3.63, 3.8) is 0 Å². The Bertz CT molecular complexity index is 959. The highest BCUT2D eigenvalue weighted by Crippen LogP contribution is 2.27. The van der Waals surface area contributed by atoms with Crippen molar-refractivity contribution >= 4 is 33.2 Å². The van der Waals surface area contributed by atoms with E-state index in [1.165, 1.54) is 0 Å². The third kappa shape index (κ3) is 4.82. The van der Waals surface area contributed by atoms with Crippen LogP contribution in [-0.2, 0) is 16.4 Å². The Hall–Kier alpha value is -2.05. The summed E-state index contributed by atoms with van der Waals surface area (Å²) in [4.78, 5) is 15.0.